The van der Waals surface area contributed by atoms with E-state index < -0.39 is 0 Å². The van der Waals surface area contributed by atoms with Gasteiger partial charge in [-0.3, -0.25) is 6.08 Å². The van der Waals surface area contributed by atoms with Crippen LogP contribution in [0.1, 0.15) is 6.42 Å². The third kappa shape index (κ3) is 14.1. The summed E-state index contributed by atoms with van der Waals surface area (Å²) in [4.78, 5) is 0. The Labute approximate surface area is 152 Å². The summed E-state index contributed by atoms with van der Waals surface area (Å²) in [7, 11) is 2.58. The fraction of sp³-hybridized carbons (Fsp3) is 0.278. The van der Waals surface area contributed by atoms with Crippen LogP contribution in [0.25, 0.3) is 10.8 Å². The first kappa shape index (κ1) is 26.1. The van der Waals surface area contributed by atoms with Gasteiger partial charge in [-0.2, -0.15) is 37.8 Å². The Balaban J connectivity index is -0.000000241. The zero-order chi connectivity index (χ0) is 16.3. The summed E-state index contributed by atoms with van der Waals surface area (Å²) in [5.41, 5.74) is 0. The van der Waals surface area contributed by atoms with Gasteiger partial charge in [0.05, 0.1) is 0 Å². The summed E-state index contributed by atoms with van der Waals surface area (Å²) < 4.78 is 0. The van der Waals surface area contributed by atoms with Gasteiger partial charge in [-0.25, -0.2) is 12.2 Å². The maximum absolute atomic E-state index is 8.25. The third-order valence-corrected chi connectivity index (χ3v) is 2.13. The standard InChI is InChI=1S/C9H7.C5H5.C2H6Si.2CH3O.Ti/c1-2-5-9-7-3-6-8(9)4-1;1-2-4-5-3-1;1-3-2;2*1-2;/h1-7H;1-3H,4H2;1-2H3;2*1H3;/q2*-1;;2*-1;+4. The summed E-state index contributed by atoms with van der Waals surface area (Å²) in [6.45, 7) is 4.31. The minimum atomic E-state index is 0. The van der Waals surface area contributed by atoms with E-state index in [9.17, 15) is 0 Å². The number of benzene rings is 1. The quantitative estimate of drug-likeness (QED) is 0.543. The predicted octanol–water partition coefficient (Wildman–Crippen LogP) is 2.60. The van der Waals surface area contributed by atoms with Gasteiger partial charge >= 0.3 is 21.7 Å². The summed E-state index contributed by atoms with van der Waals surface area (Å²) >= 11 is 0. The van der Waals surface area contributed by atoms with E-state index in [1.54, 1.807) is 0 Å². The van der Waals surface area contributed by atoms with E-state index in [2.05, 4.69) is 67.7 Å². The Morgan fingerprint density at radius 3 is 2.05 bits per heavy atom. The SMILES string of the molecule is C[O-].C[O-].C[Si]C.[C-]1=CC=CC1.[Ti+4].c1ccc2[cH-]ccc2c1. The summed E-state index contributed by atoms with van der Waals surface area (Å²) in [5, 5.41) is 19.2. The first-order valence-electron chi connectivity index (χ1n) is 6.61. The van der Waals surface area contributed by atoms with Crippen LogP contribution in [0.15, 0.2) is 60.7 Å². The molecule has 0 aromatic heterocycles. The summed E-state index contributed by atoms with van der Waals surface area (Å²) in [6, 6.07) is 14.7. The van der Waals surface area contributed by atoms with Gasteiger partial charge in [0.2, 0.25) is 0 Å². The van der Waals surface area contributed by atoms with Gasteiger partial charge in [0.25, 0.3) is 0 Å². The molecule has 2 nitrogen and oxygen atoms in total. The van der Waals surface area contributed by atoms with Crippen molar-refractivity contribution in [1.29, 1.82) is 0 Å². The molecule has 0 atom stereocenters. The van der Waals surface area contributed by atoms with E-state index in [1.165, 1.54) is 10.8 Å². The van der Waals surface area contributed by atoms with Gasteiger partial charge in [-0.05, 0) is 0 Å². The van der Waals surface area contributed by atoms with Crippen LogP contribution in [0.3, 0.4) is 0 Å². The Bertz CT molecular complexity index is 438. The van der Waals surface area contributed by atoms with Crippen LogP contribution in [-0.4, -0.2) is 23.7 Å². The molecule has 0 unspecified atom stereocenters. The fourth-order valence-electron chi connectivity index (χ4n) is 1.41. The molecule has 3 rings (SSSR count). The molecule has 0 saturated carbocycles. The van der Waals surface area contributed by atoms with Crippen molar-refractivity contribution < 1.29 is 31.9 Å². The normalized spacial score (nSPS) is 9.55. The van der Waals surface area contributed by atoms with Crippen LogP contribution < -0.4 is 10.2 Å². The van der Waals surface area contributed by atoms with Gasteiger partial charge in [0.15, 0.2) is 0 Å². The first-order chi connectivity index (χ1) is 10.4. The average Bonchev–Trinajstić information content (AvgIpc) is 3.26. The smallest absolute Gasteiger partial charge is 0.857 e. The number of hydrogen-bond donors (Lipinski definition) is 0. The average molecular weight is 348 g/mol. The molecule has 0 aliphatic heterocycles. The van der Waals surface area contributed by atoms with E-state index in [4.69, 9.17) is 10.2 Å². The molecule has 0 spiro atoms. The number of rotatable bonds is 0. The number of fused-ring (bicyclic) bond motifs is 1. The Morgan fingerprint density at radius 2 is 1.64 bits per heavy atom. The molecule has 2 aromatic carbocycles. The predicted molar refractivity (Wildman–Crippen MR) is 90.4 cm³/mol. The maximum Gasteiger partial charge on any atom is 4.00 e. The van der Waals surface area contributed by atoms with Crippen LogP contribution in [0.4, 0.5) is 0 Å². The molecular formula is C18H24O2SiTi. The van der Waals surface area contributed by atoms with Crippen LogP contribution >= 0.6 is 0 Å². The molecular weight excluding hydrogens is 324 g/mol. The Morgan fingerprint density at radius 1 is 1.05 bits per heavy atom. The Hall–Kier alpha value is -0.839. The van der Waals surface area contributed by atoms with E-state index in [0.717, 1.165) is 30.2 Å². The van der Waals surface area contributed by atoms with Gasteiger partial charge in [0, 0.05) is 9.52 Å². The van der Waals surface area contributed by atoms with Crippen molar-refractivity contribution in [1.82, 2.24) is 0 Å². The van der Waals surface area contributed by atoms with Crippen LogP contribution in [-0.2, 0) is 21.7 Å². The zero-order valence-electron chi connectivity index (χ0n) is 13.8. The van der Waals surface area contributed by atoms with Crippen LogP contribution in [0.2, 0.25) is 13.1 Å². The van der Waals surface area contributed by atoms with Crippen molar-refractivity contribution in [3.8, 4) is 0 Å². The zero-order valence-corrected chi connectivity index (χ0v) is 16.4. The van der Waals surface area contributed by atoms with Crippen molar-refractivity contribution in [2.75, 3.05) is 14.2 Å². The molecule has 1 aliphatic carbocycles. The maximum atomic E-state index is 8.25. The summed E-state index contributed by atoms with van der Waals surface area (Å²) in [5.74, 6) is 0. The second-order valence-corrected chi connectivity index (χ2v) is 4.66. The van der Waals surface area contributed by atoms with Crippen molar-refractivity contribution in [2.24, 2.45) is 0 Å². The fourth-order valence-corrected chi connectivity index (χ4v) is 1.41. The van der Waals surface area contributed by atoms with Gasteiger partial charge < -0.3 is 10.2 Å². The molecule has 0 bridgehead atoms. The van der Waals surface area contributed by atoms with Crippen molar-refractivity contribution in [3.63, 3.8) is 0 Å². The molecule has 0 amide bonds. The molecule has 0 heterocycles. The topological polar surface area (TPSA) is 46.1 Å². The molecule has 0 N–H and O–H groups in total. The molecule has 2 aromatic rings. The van der Waals surface area contributed by atoms with E-state index in [0.29, 0.717) is 0 Å². The largest absolute Gasteiger partial charge is 4.00 e. The van der Waals surface area contributed by atoms with Crippen molar-refractivity contribution in [2.45, 2.75) is 19.5 Å². The molecule has 2 radical (unpaired) electrons. The summed E-state index contributed by atoms with van der Waals surface area (Å²) in [6.07, 6.45) is 10.0. The molecule has 116 valence electrons. The van der Waals surface area contributed by atoms with E-state index in [1.807, 2.05) is 12.2 Å². The molecule has 22 heavy (non-hydrogen) atoms. The Kier molecular flexibility index (Phi) is 26.6. The molecule has 0 fully saturated rings. The van der Waals surface area contributed by atoms with Gasteiger partial charge in [-0.1, -0.05) is 19.2 Å². The minimum Gasteiger partial charge on any atom is -0.857 e. The molecule has 0 saturated heterocycles. The van der Waals surface area contributed by atoms with Crippen LogP contribution in [0.5, 0.6) is 0 Å². The monoisotopic (exact) mass is 348 g/mol. The minimum absolute atomic E-state index is 0. The van der Waals surface area contributed by atoms with Crippen molar-refractivity contribution >= 4 is 20.3 Å². The molecule has 4 heteroatoms. The molecule has 1 aliphatic rings. The van der Waals surface area contributed by atoms with E-state index >= 15 is 0 Å². The van der Waals surface area contributed by atoms with Gasteiger partial charge in [-0.15, -0.1) is 36.1 Å². The van der Waals surface area contributed by atoms with Crippen molar-refractivity contribution in [3.05, 3.63) is 66.8 Å². The number of allylic oxidation sites excluding steroid dienone is 4. The second kappa shape index (κ2) is 22.4. The first-order valence-corrected chi connectivity index (χ1v) is 8.61. The third-order valence-electron chi connectivity index (χ3n) is 2.13. The second-order valence-electron chi connectivity index (χ2n) is 3.66. The number of hydrogen-bond acceptors (Lipinski definition) is 2. The van der Waals surface area contributed by atoms with E-state index in [-0.39, 0.29) is 21.7 Å². The van der Waals surface area contributed by atoms with Gasteiger partial charge in [0.1, 0.15) is 0 Å². The van der Waals surface area contributed by atoms with Crippen LogP contribution in [0, 0.1) is 6.08 Å².